The molecule has 0 bridgehead atoms. The molecule has 1 aromatic heterocycles. The lowest BCUT2D eigenvalue weighted by atomic mass is 10.1. The fraction of sp³-hybridized carbons (Fsp3) is 0.133. The van der Waals surface area contributed by atoms with Gasteiger partial charge in [-0.15, -0.1) is 0 Å². The summed E-state index contributed by atoms with van der Waals surface area (Å²) >= 11 is 0. The normalized spacial score (nSPS) is 10.9. The molecule has 1 N–H and O–H groups in total. The minimum absolute atomic E-state index is 0. The Hall–Kier alpha value is -2.09. The van der Waals surface area contributed by atoms with E-state index in [1.807, 2.05) is 0 Å². The van der Waals surface area contributed by atoms with Crippen molar-refractivity contribution in [3.63, 3.8) is 0 Å². The highest BCUT2D eigenvalue weighted by atomic mass is 14.9. The number of aromatic nitrogens is 2. The predicted molar refractivity (Wildman–Crippen MR) is 73.1 cm³/mol. The van der Waals surface area contributed by atoms with Gasteiger partial charge in [0.15, 0.2) is 0 Å². The van der Waals surface area contributed by atoms with Gasteiger partial charge < -0.3 is 4.98 Å². The highest BCUT2D eigenvalue weighted by Crippen LogP contribution is 2.21. The second kappa shape index (κ2) is 3.74. The molecule has 2 nitrogen and oxygen atoms in total. The maximum absolute atomic E-state index is 4.61. The van der Waals surface area contributed by atoms with Gasteiger partial charge in [0, 0.05) is 6.99 Å². The van der Waals surface area contributed by atoms with Crippen LogP contribution in [0.4, 0.5) is 0 Å². The number of fused-ring (bicyclic) bond motifs is 1. The molecule has 0 amide bonds. The van der Waals surface area contributed by atoms with Gasteiger partial charge >= 0.3 is 0 Å². The average Bonchev–Trinajstić information content (AvgIpc) is 2.72. The number of imidazole rings is 1. The molecule has 1 heterocycles. The lowest BCUT2D eigenvalue weighted by Gasteiger charge is -1.97. The third-order valence-electron chi connectivity index (χ3n) is 2.93. The van der Waals surface area contributed by atoms with Crippen molar-refractivity contribution >= 4 is 11.0 Å². The van der Waals surface area contributed by atoms with Crippen molar-refractivity contribution in [2.24, 2.45) is 0 Å². The van der Waals surface area contributed by atoms with E-state index in [2.05, 4.69) is 66.3 Å². The molecule has 0 aliphatic heterocycles. The Balaban J connectivity index is 0.00000120. The van der Waals surface area contributed by atoms with Crippen molar-refractivity contribution in [2.75, 3.05) is 0 Å². The molecule has 86 valence electrons. The smallest absolute Gasteiger partial charge is 0.138 e. The maximum Gasteiger partial charge on any atom is 0.138 e. The van der Waals surface area contributed by atoms with Gasteiger partial charge in [-0.25, -0.2) is 4.98 Å². The molecular weight excluding hydrogens is 208 g/mol. The van der Waals surface area contributed by atoms with Crippen molar-refractivity contribution in [1.82, 2.24) is 9.97 Å². The summed E-state index contributed by atoms with van der Waals surface area (Å²) < 4.78 is 0. The van der Waals surface area contributed by atoms with Crippen LogP contribution in [0.1, 0.15) is 12.6 Å². The number of aryl methyl sites for hydroxylation is 2. The van der Waals surface area contributed by atoms with Crippen LogP contribution in [0.2, 0.25) is 0 Å². The van der Waals surface area contributed by atoms with Crippen LogP contribution < -0.4 is 0 Å². The molecule has 0 saturated heterocycles. The molecule has 0 saturated carbocycles. The summed E-state index contributed by atoms with van der Waals surface area (Å²) in [6, 6.07) is 14.6. The zero-order chi connectivity index (χ0) is 11.8. The molecule has 0 unspecified atom stereocenters. The van der Waals surface area contributed by atoms with E-state index in [-0.39, 0.29) is 1.43 Å². The van der Waals surface area contributed by atoms with Crippen LogP contribution in [0.5, 0.6) is 0 Å². The first kappa shape index (κ1) is 10.1. The Bertz CT molecular complexity index is 686. The summed E-state index contributed by atoms with van der Waals surface area (Å²) in [7, 11) is 0. The van der Waals surface area contributed by atoms with Gasteiger partial charge in [0.2, 0.25) is 0 Å². The van der Waals surface area contributed by atoms with Crippen LogP contribution in [-0.4, -0.2) is 9.97 Å². The number of hydrogen-bond donors (Lipinski definition) is 1. The number of hydrogen-bond acceptors (Lipinski definition) is 1. The van der Waals surface area contributed by atoms with Crippen LogP contribution in [-0.2, 0) is 0 Å². The first-order valence-electron chi connectivity index (χ1n) is 5.76. The summed E-state index contributed by atoms with van der Waals surface area (Å²) in [6.07, 6.45) is 0. The quantitative estimate of drug-likeness (QED) is 0.662. The van der Waals surface area contributed by atoms with Gasteiger partial charge in [-0.3, -0.25) is 0 Å². The highest BCUT2D eigenvalue weighted by Gasteiger charge is 2.04. The second-order valence-electron chi connectivity index (χ2n) is 4.48. The molecule has 3 rings (SSSR count). The molecule has 0 radical (unpaired) electrons. The fourth-order valence-electron chi connectivity index (χ4n) is 2.05. The summed E-state index contributed by atoms with van der Waals surface area (Å²) in [5.74, 6) is 0.939. The number of nitrogens with one attached hydrogen (secondary N) is 1. The summed E-state index contributed by atoms with van der Waals surface area (Å²) in [5, 5.41) is 0. The lowest BCUT2D eigenvalue weighted by Crippen LogP contribution is -1.80. The number of H-pyrrole nitrogens is 1. The molecule has 0 aliphatic carbocycles. The summed E-state index contributed by atoms with van der Waals surface area (Å²) in [6.45, 7) is 4.18. The Morgan fingerprint density at radius 1 is 1.00 bits per heavy atom. The molecule has 2 heteroatoms. The van der Waals surface area contributed by atoms with Crippen LogP contribution in [0.25, 0.3) is 22.4 Å². The van der Waals surface area contributed by atoms with E-state index in [0.717, 1.165) is 22.4 Å². The molecule has 0 fully saturated rings. The first-order chi connectivity index (χ1) is 8.22. The molecule has 2 aromatic carbocycles. The predicted octanol–water partition coefficient (Wildman–Crippen LogP) is 4.09. The van der Waals surface area contributed by atoms with E-state index in [1.165, 1.54) is 11.1 Å². The van der Waals surface area contributed by atoms with Crippen molar-refractivity contribution < 1.29 is 1.43 Å². The van der Waals surface area contributed by atoms with E-state index < -0.39 is 0 Å². The molecular formula is C15H16N2. The van der Waals surface area contributed by atoms with Crippen LogP contribution in [0.3, 0.4) is 0 Å². The largest absolute Gasteiger partial charge is 0.338 e. The van der Waals surface area contributed by atoms with Gasteiger partial charge in [-0.2, -0.15) is 0 Å². The van der Waals surface area contributed by atoms with Gasteiger partial charge in [0.1, 0.15) is 5.82 Å². The molecule has 0 atom stereocenters. The Morgan fingerprint density at radius 2 is 1.82 bits per heavy atom. The zero-order valence-electron chi connectivity index (χ0n) is 9.99. The second-order valence-corrected chi connectivity index (χ2v) is 4.48. The van der Waals surface area contributed by atoms with E-state index in [0.29, 0.717) is 0 Å². The number of benzene rings is 2. The zero-order valence-corrected chi connectivity index (χ0v) is 9.99. The van der Waals surface area contributed by atoms with Crippen molar-refractivity contribution in [1.29, 1.82) is 0 Å². The first-order valence-corrected chi connectivity index (χ1v) is 5.76. The van der Waals surface area contributed by atoms with Crippen molar-refractivity contribution in [2.45, 2.75) is 13.8 Å². The third-order valence-corrected chi connectivity index (χ3v) is 2.93. The minimum Gasteiger partial charge on any atom is -0.338 e. The van der Waals surface area contributed by atoms with Gasteiger partial charge in [-0.05, 0) is 37.6 Å². The van der Waals surface area contributed by atoms with Crippen LogP contribution in [0.15, 0.2) is 42.5 Å². The van der Waals surface area contributed by atoms with Gasteiger partial charge in [-0.1, -0.05) is 29.8 Å². The number of aromatic amines is 1. The average molecular weight is 224 g/mol. The fourth-order valence-corrected chi connectivity index (χ4v) is 2.05. The highest BCUT2D eigenvalue weighted by molar-refractivity contribution is 5.80. The molecule has 17 heavy (non-hydrogen) atoms. The topological polar surface area (TPSA) is 28.7 Å². The van der Waals surface area contributed by atoms with Crippen molar-refractivity contribution in [3.05, 3.63) is 53.6 Å². The Morgan fingerprint density at radius 3 is 2.65 bits per heavy atom. The SMILES string of the molecule is Cc1cccc(-c2nc3ccc(C)cc3[nH]2)c1.[HH]. The van der Waals surface area contributed by atoms with E-state index >= 15 is 0 Å². The summed E-state index contributed by atoms with van der Waals surface area (Å²) in [4.78, 5) is 7.98. The van der Waals surface area contributed by atoms with Crippen LogP contribution >= 0.6 is 0 Å². The Kier molecular flexibility index (Phi) is 2.22. The van der Waals surface area contributed by atoms with Gasteiger partial charge in [0.25, 0.3) is 0 Å². The Labute approximate surface area is 102 Å². The standard InChI is InChI=1S/C15H14N2.H2/c1-10-4-3-5-12(8-10)15-16-13-7-6-11(2)9-14(13)17-15;/h3-9H,1-2H3,(H,16,17);1H. The summed E-state index contributed by atoms with van der Waals surface area (Å²) in [5.41, 5.74) is 5.75. The van der Waals surface area contributed by atoms with E-state index in [4.69, 9.17) is 0 Å². The number of rotatable bonds is 1. The van der Waals surface area contributed by atoms with Crippen molar-refractivity contribution in [3.8, 4) is 11.4 Å². The lowest BCUT2D eigenvalue weighted by molar-refractivity contribution is 1.32. The van der Waals surface area contributed by atoms with E-state index in [1.54, 1.807) is 0 Å². The van der Waals surface area contributed by atoms with E-state index in [9.17, 15) is 0 Å². The third kappa shape index (κ3) is 1.82. The monoisotopic (exact) mass is 224 g/mol. The molecule has 0 aliphatic rings. The van der Waals surface area contributed by atoms with Crippen LogP contribution in [0, 0.1) is 13.8 Å². The maximum atomic E-state index is 4.61. The molecule has 3 aromatic rings. The molecule has 0 spiro atoms. The van der Waals surface area contributed by atoms with Gasteiger partial charge in [0.05, 0.1) is 11.0 Å². The number of nitrogens with zero attached hydrogens (tertiary/aromatic N) is 1. The minimum atomic E-state index is 0.